The third-order valence-electron chi connectivity index (χ3n) is 5.36. The Morgan fingerprint density at radius 2 is 1.77 bits per heavy atom. The third kappa shape index (κ3) is 4.32. The fraction of sp³-hybridized carbons (Fsp3) is 0.208. The van der Waals surface area contributed by atoms with E-state index in [0.717, 1.165) is 4.90 Å². The number of carbonyl (C=O) groups is 2. The summed E-state index contributed by atoms with van der Waals surface area (Å²) in [6.45, 7) is -0.316. The number of aliphatic imine (C=N–C) groups is 1. The highest BCUT2D eigenvalue weighted by atomic mass is 19.4. The smallest absolute Gasteiger partial charge is 0.442 e. The maximum Gasteiger partial charge on any atom is 0.442 e. The molecule has 1 N–H and O–H groups in total. The summed E-state index contributed by atoms with van der Waals surface area (Å²) in [5.74, 6) is -2.24. The molecule has 2 aromatic carbocycles. The summed E-state index contributed by atoms with van der Waals surface area (Å²) in [7, 11) is 2.70. The van der Waals surface area contributed by atoms with Gasteiger partial charge < -0.3 is 19.2 Å². The number of halogens is 3. The molecule has 0 spiro atoms. The summed E-state index contributed by atoms with van der Waals surface area (Å²) in [5, 5.41) is 1.83. The zero-order valence-corrected chi connectivity index (χ0v) is 18.6. The molecule has 0 aliphatic carbocycles. The Labute approximate surface area is 198 Å². The first-order valence-electron chi connectivity index (χ1n) is 10.3. The van der Waals surface area contributed by atoms with Gasteiger partial charge in [0.05, 0.1) is 27.0 Å². The largest absolute Gasteiger partial charge is 0.493 e. The molecule has 8 nitrogen and oxygen atoms in total. The lowest BCUT2D eigenvalue weighted by molar-refractivity contribution is -0.196. The molecule has 2 heterocycles. The number of amides is 2. The monoisotopic (exact) mass is 487 g/mol. The van der Waals surface area contributed by atoms with E-state index in [2.05, 4.69) is 4.99 Å². The summed E-state index contributed by atoms with van der Waals surface area (Å²) >= 11 is 0. The Hall–Kier alpha value is -4.28. The van der Waals surface area contributed by atoms with Gasteiger partial charge in [-0.1, -0.05) is 30.3 Å². The van der Waals surface area contributed by atoms with Crippen LogP contribution in [-0.2, 0) is 11.3 Å². The fourth-order valence-electron chi connectivity index (χ4n) is 3.62. The first-order chi connectivity index (χ1) is 16.7. The number of hydrogen-bond acceptors (Lipinski definition) is 6. The minimum absolute atomic E-state index is 0.131. The van der Waals surface area contributed by atoms with Crippen molar-refractivity contribution in [2.24, 2.45) is 4.99 Å². The van der Waals surface area contributed by atoms with Gasteiger partial charge in [-0.25, -0.2) is 4.99 Å². The zero-order valence-electron chi connectivity index (χ0n) is 18.6. The van der Waals surface area contributed by atoms with Crippen LogP contribution in [0, 0.1) is 0 Å². The van der Waals surface area contributed by atoms with Gasteiger partial charge in [0.25, 0.3) is 11.8 Å². The van der Waals surface area contributed by atoms with Gasteiger partial charge in [-0.15, -0.1) is 0 Å². The van der Waals surface area contributed by atoms with Gasteiger partial charge in [0, 0.05) is 11.1 Å². The number of benzene rings is 2. The van der Waals surface area contributed by atoms with Crippen molar-refractivity contribution in [3.63, 3.8) is 0 Å². The summed E-state index contributed by atoms with van der Waals surface area (Å²) < 4.78 is 59.0. The number of nitrogens with zero attached hydrogens (tertiary/aromatic N) is 2. The molecule has 35 heavy (non-hydrogen) atoms. The van der Waals surface area contributed by atoms with E-state index >= 15 is 0 Å². The van der Waals surface area contributed by atoms with Gasteiger partial charge >= 0.3 is 11.8 Å². The maximum atomic E-state index is 14.5. The molecule has 0 saturated heterocycles. The van der Waals surface area contributed by atoms with Crippen LogP contribution in [0.3, 0.4) is 0 Å². The highest BCUT2D eigenvalue weighted by molar-refractivity contribution is 6.16. The topological polar surface area (TPSA) is 93.4 Å². The molecule has 1 aromatic heterocycles. The Morgan fingerprint density at radius 1 is 1.06 bits per heavy atom. The number of amidine groups is 1. The van der Waals surface area contributed by atoms with Crippen molar-refractivity contribution >= 4 is 17.6 Å². The van der Waals surface area contributed by atoms with E-state index in [1.165, 1.54) is 56.9 Å². The van der Waals surface area contributed by atoms with Crippen molar-refractivity contribution < 1.29 is 36.7 Å². The Balaban J connectivity index is 1.78. The zero-order chi connectivity index (χ0) is 25.2. The van der Waals surface area contributed by atoms with Gasteiger partial charge in [-0.2, -0.15) is 13.2 Å². The molecule has 4 rings (SSSR count). The molecule has 1 atom stereocenters. The molecule has 1 aliphatic rings. The standard InChI is InChI=1S/C24H20F3N3O5/c1-33-18-11-10-16(13-19(18)34-2)21(31)29-23(24(25,26)27)22(32)30(14-17-9-6-12-35-17)20(28-23)15-7-4-3-5-8-15/h3-13H,14H2,1-2H3,(H,29,31). The summed E-state index contributed by atoms with van der Waals surface area (Å²) in [5.41, 5.74) is -3.46. The highest BCUT2D eigenvalue weighted by Crippen LogP contribution is 2.39. The molecule has 182 valence electrons. The third-order valence-corrected chi connectivity index (χ3v) is 5.36. The molecule has 0 radical (unpaired) electrons. The normalized spacial score (nSPS) is 17.8. The molecule has 0 fully saturated rings. The van der Waals surface area contributed by atoms with Crippen LogP contribution in [0.4, 0.5) is 13.2 Å². The summed E-state index contributed by atoms with van der Waals surface area (Å²) in [6.07, 6.45) is -3.92. The molecular formula is C24H20F3N3O5. The van der Waals surface area contributed by atoms with Gasteiger partial charge in [0.1, 0.15) is 11.6 Å². The average molecular weight is 487 g/mol. The predicted molar refractivity (Wildman–Crippen MR) is 118 cm³/mol. The van der Waals surface area contributed by atoms with Crippen molar-refractivity contribution in [1.82, 2.24) is 10.2 Å². The van der Waals surface area contributed by atoms with Crippen LogP contribution in [0.15, 0.2) is 76.3 Å². The van der Waals surface area contributed by atoms with Crippen molar-refractivity contribution in [2.45, 2.75) is 18.4 Å². The first kappa shape index (κ1) is 23.9. The number of carbonyl (C=O) groups excluding carboxylic acids is 2. The Morgan fingerprint density at radius 3 is 2.37 bits per heavy atom. The van der Waals surface area contributed by atoms with E-state index in [1.807, 2.05) is 5.32 Å². The average Bonchev–Trinajstić information content (AvgIpc) is 3.46. The van der Waals surface area contributed by atoms with Crippen LogP contribution in [0.1, 0.15) is 21.7 Å². The second kappa shape index (κ2) is 9.16. The van der Waals surface area contributed by atoms with Crippen molar-refractivity contribution in [3.8, 4) is 11.5 Å². The number of hydrogen-bond donors (Lipinski definition) is 1. The van der Waals surface area contributed by atoms with Gasteiger partial charge in [0.2, 0.25) is 0 Å². The summed E-state index contributed by atoms with van der Waals surface area (Å²) in [6, 6.07) is 14.8. The molecular weight excluding hydrogens is 467 g/mol. The SMILES string of the molecule is COc1ccc(C(=O)NC2(C(F)(F)F)N=C(c3ccccc3)N(Cc3ccco3)C2=O)cc1OC. The van der Waals surface area contributed by atoms with Crippen LogP contribution in [0.25, 0.3) is 0 Å². The van der Waals surface area contributed by atoms with E-state index in [4.69, 9.17) is 13.9 Å². The van der Waals surface area contributed by atoms with E-state index in [1.54, 1.807) is 24.3 Å². The first-order valence-corrected chi connectivity index (χ1v) is 10.3. The minimum atomic E-state index is -5.26. The van der Waals surface area contributed by atoms with Crippen LogP contribution >= 0.6 is 0 Å². The van der Waals surface area contributed by atoms with Crippen LogP contribution in [-0.4, -0.2) is 48.6 Å². The highest BCUT2D eigenvalue weighted by Gasteiger charge is 2.67. The van der Waals surface area contributed by atoms with Crippen molar-refractivity contribution in [3.05, 3.63) is 83.8 Å². The van der Waals surface area contributed by atoms with Crippen LogP contribution in [0.5, 0.6) is 11.5 Å². The van der Waals surface area contributed by atoms with Crippen LogP contribution < -0.4 is 14.8 Å². The molecule has 0 bridgehead atoms. The van der Waals surface area contributed by atoms with Gasteiger partial charge in [0.15, 0.2) is 11.5 Å². The van der Waals surface area contributed by atoms with E-state index in [9.17, 15) is 22.8 Å². The molecule has 1 unspecified atom stereocenters. The second-order valence-electron chi connectivity index (χ2n) is 7.50. The van der Waals surface area contributed by atoms with Gasteiger partial charge in [-0.05, 0) is 30.3 Å². The lowest BCUT2D eigenvalue weighted by Crippen LogP contribution is -2.63. The summed E-state index contributed by atoms with van der Waals surface area (Å²) in [4.78, 5) is 31.0. The number of methoxy groups -OCH3 is 2. The molecule has 2 amide bonds. The van der Waals surface area contributed by atoms with Crippen molar-refractivity contribution in [2.75, 3.05) is 14.2 Å². The minimum Gasteiger partial charge on any atom is -0.493 e. The number of nitrogens with one attached hydrogen (secondary N) is 1. The molecule has 11 heteroatoms. The lowest BCUT2D eigenvalue weighted by Gasteiger charge is -2.29. The lowest BCUT2D eigenvalue weighted by atomic mass is 10.1. The molecule has 0 saturated carbocycles. The number of furan rings is 1. The van der Waals surface area contributed by atoms with Crippen molar-refractivity contribution in [1.29, 1.82) is 0 Å². The van der Waals surface area contributed by atoms with Crippen LogP contribution in [0.2, 0.25) is 0 Å². The second-order valence-corrected chi connectivity index (χ2v) is 7.50. The number of ether oxygens (including phenoxy) is 2. The molecule has 1 aliphatic heterocycles. The predicted octanol–water partition coefficient (Wildman–Crippen LogP) is 3.77. The molecule has 3 aromatic rings. The quantitative estimate of drug-likeness (QED) is 0.548. The number of rotatable bonds is 7. The maximum absolute atomic E-state index is 14.5. The van der Waals surface area contributed by atoms with E-state index < -0.39 is 23.7 Å². The van der Waals surface area contributed by atoms with E-state index in [-0.39, 0.29) is 40.8 Å². The van der Waals surface area contributed by atoms with E-state index in [0.29, 0.717) is 0 Å². The Kier molecular flexibility index (Phi) is 6.25. The number of alkyl halides is 3. The Bertz CT molecular complexity index is 1260. The fourth-order valence-corrected chi connectivity index (χ4v) is 3.62. The van der Waals surface area contributed by atoms with Gasteiger partial charge in [-0.3, -0.25) is 14.5 Å².